The fraction of sp³-hybridized carbons (Fsp3) is 0.773. The zero-order valence-electron chi connectivity index (χ0n) is 14.6. The fourth-order valence-corrected chi connectivity index (χ4v) is 9.02. The molecule has 7 aliphatic rings. The summed E-state index contributed by atoms with van der Waals surface area (Å²) in [5.74, 6) is 3.65. The first-order chi connectivity index (χ1) is 11.6. The van der Waals surface area contributed by atoms with Crippen molar-refractivity contribution in [2.45, 2.75) is 69.1 Å². The summed E-state index contributed by atoms with van der Waals surface area (Å²) >= 11 is 0. The molecule has 7 rings (SSSR count). The Kier molecular flexibility index (Phi) is 2.12. The number of allylic oxidation sites excluding steroid dienone is 2. The summed E-state index contributed by atoms with van der Waals surface area (Å²) < 4.78 is 0. The van der Waals surface area contributed by atoms with Crippen LogP contribution in [0.15, 0.2) is 30.0 Å². The van der Waals surface area contributed by atoms with Gasteiger partial charge >= 0.3 is 0 Å². The van der Waals surface area contributed by atoms with E-state index in [4.69, 9.17) is 0 Å². The molecule has 2 saturated heterocycles. The normalized spacial score (nSPS) is 66.6. The second-order valence-electron chi connectivity index (χ2n) is 10.4. The van der Waals surface area contributed by atoms with Crippen molar-refractivity contribution in [2.24, 2.45) is 34.5 Å². The van der Waals surface area contributed by atoms with Gasteiger partial charge in [-0.1, -0.05) is 19.1 Å². The van der Waals surface area contributed by atoms with Gasteiger partial charge in [-0.2, -0.15) is 0 Å². The van der Waals surface area contributed by atoms with Crippen LogP contribution in [0, 0.1) is 34.5 Å². The molecule has 0 amide bonds. The summed E-state index contributed by atoms with van der Waals surface area (Å²) in [6.45, 7) is 2.49. The molecule has 5 fully saturated rings. The van der Waals surface area contributed by atoms with E-state index < -0.39 is 0 Å². The molecule has 0 aromatic carbocycles. The van der Waals surface area contributed by atoms with Crippen LogP contribution in [0.2, 0.25) is 0 Å². The van der Waals surface area contributed by atoms with Crippen molar-refractivity contribution < 1.29 is 0 Å². The first kappa shape index (κ1) is 13.4. The van der Waals surface area contributed by atoms with E-state index in [1.54, 1.807) is 0 Å². The van der Waals surface area contributed by atoms with Gasteiger partial charge in [-0.05, 0) is 79.8 Å². The third-order valence-corrected chi connectivity index (χ3v) is 9.82. The van der Waals surface area contributed by atoms with E-state index in [-0.39, 0.29) is 0 Å². The van der Waals surface area contributed by atoms with Gasteiger partial charge in [0.25, 0.3) is 0 Å². The number of rotatable bonds is 0. The van der Waals surface area contributed by atoms with Crippen LogP contribution in [0.1, 0.15) is 45.4 Å². The van der Waals surface area contributed by atoms with E-state index in [0.29, 0.717) is 28.5 Å². The molecular weight excluding hydrogens is 292 g/mol. The van der Waals surface area contributed by atoms with Crippen LogP contribution in [-0.2, 0) is 0 Å². The van der Waals surface area contributed by atoms with Crippen LogP contribution in [0.4, 0.5) is 0 Å². The minimum absolute atomic E-state index is 0.328. The largest absolute Gasteiger partial charge is 0.308 e. The zero-order chi connectivity index (χ0) is 15.7. The van der Waals surface area contributed by atoms with Crippen molar-refractivity contribution in [3.05, 3.63) is 30.0 Å². The summed E-state index contributed by atoms with van der Waals surface area (Å²) in [6.07, 6.45) is 18.3. The third kappa shape index (κ3) is 1.25. The second-order valence-corrected chi connectivity index (χ2v) is 10.4. The van der Waals surface area contributed by atoms with Gasteiger partial charge in [0.1, 0.15) is 0 Å². The number of nitrogens with one attached hydrogen (secondary N) is 2. The number of hydrogen-bond acceptors (Lipinski definition) is 2. The number of hydrogen-bond donors (Lipinski definition) is 2. The molecule has 8 unspecified atom stereocenters. The highest BCUT2D eigenvalue weighted by molar-refractivity contribution is 5.33. The minimum Gasteiger partial charge on any atom is -0.308 e. The summed E-state index contributed by atoms with van der Waals surface area (Å²) in [6, 6.07) is 2.03. The molecule has 0 aromatic heterocycles. The standard InChI is InChI=1S/C22H28N2/c1-20-6-3-5-18(20)23-17-11-16-13(10-15(17)20)19-14-4-2-7-21(14)8-9-22(19,12-21)24-16/h2,5-7,13-19,23-24H,4,8-12H2,1H3/t13?,14?,15?,16?,17?,18?,19?,20?,21-,22-/m0/s1. The van der Waals surface area contributed by atoms with Gasteiger partial charge in [-0.15, -0.1) is 5.73 Å². The first-order valence-electron chi connectivity index (χ1n) is 10.3. The summed E-state index contributed by atoms with van der Waals surface area (Å²) in [7, 11) is 0. The zero-order valence-corrected chi connectivity index (χ0v) is 14.6. The van der Waals surface area contributed by atoms with Crippen molar-refractivity contribution in [1.29, 1.82) is 0 Å². The van der Waals surface area contributed by atoms with E-state index in [9.17, 15) is 0 Å². The average molecular weight is 320 g/mol. The highest BCUT2D eigenvalue weighted by Crippen LogP contribution is 2.72. The molecule has 5 aliphatic carbocycles. The van der Waals surface area contributed by atoms with Gasteiger partial charge in [0.15, 0.2) is 0 Å². The van der Waals surface area contributed by atoms with Crippen LogP contribution in [0.25, 0.3) is 0 Å². The molecule has 2 spiro atoms. The van der Waals surface area contributed by atoms with Crippen molar-refractivity contribution in [2.75, 3.05) is 0 Å². The van der Waals surface area contributed by atoms with Crippen LogP contribution in [-0.4, -0.2) is 23.7 Å². The molecule has 24 heavy (non-hydrogen) atoms. The Hall–Kier alpha value is -0.820. The van der Waals surface area contributed by atoms with Gasteiger partial charge in [-0.25, -0.2) is 0 Å². The Morgan fingerprint density at radius 1 is 1.12 bits per heavy atom. The lowest BCUT2D eigenvalue weighted by Gasteiger charge is -2.44. The van der Waals surface area contributed by atoms with Gasteiger partial charge in [0, 0.05) is 29.1 Å². The van der Waals surface area contributed by atoms with Crippen LogP contribution >= 0.6 is 0 Å². The molecule has 2 heteroatoms. The van der Waals surface area contributed by atoms with Crippen LogP contribution < -0.4 is 10.6 Å². The molecule has 2 N–H and O–H groups in total. The molecule has 0 radical (unpaired) electrons. The van der Waals surface area contributed by atoms with E-state index in [1.165, 1.54) is 38.5 Å². The van der Waals surface area contributed by atoms with Gasteiger partial charge in [-0.3, -0.25) is 0 Å². The lowest BCUT2D eigenvalue weighted by atomic mass is 9.59. The first-order valence-corrected chi connectivity index (χ1v) is 10.3. The van der Waals surface area contributed by atoms with E-state index in [0.717, 1.165) is 29.7 Å². The Bertz CT molecular complexity index is 732. The SMILES string of the molecule is CC12C=C=CC1NC1CC3N[C@]45CC[C@@]6(C=CCC6C4C3CC12)C5. The van der Waals surface area contributed by atoms with Crippen LogP contribution in [0.5, 0.6) is 0 Å². The van der Waals surface area contributed by atoms with Crippen molar-refractivity contribution in [3.63, 3.8) is 0 Å². The third-order valence-electron chi connectivity index (χ3n) is 9.82. The predicted molar refractivity (Wildman–Crippen MR) is 94.4 cm³/mol. The summed E-state index contributed by atoms with van der Waals surface area (Å²) in [5.41, 5.74) is 4.85. The molecule has 2 nitrogen and oxygen atoms in total. The van der Waals surface area contributed by atoms with E-state index >= 15 is 0 Å². The monoisotopic (exact) mass is 320 g/mol. The Labute approximate surface area is 144 Å². The van der Waals surface area contributed by atoms with Gasteiger partial charge in [0.2, 0.25) is 0 Å². The molecule has 126 valence electrons. The molecule has 0 aromatic rings. The topological polar surface area (TPSA) is 24.1 Å². The summed E-state index contributed by atoms with van der Waals surface area (Å²) in [4.78, 5) is 0. The predicted octanol–water partition coefficient (Wildman–Crippen LogP) is 3.17. The molecule has 10 atom stereocenters. The lowest BCUT2D eigenvalue weighted by molar-refractivity contribution is 0.0904. The molecule has 3 saturated carbocycles. The Morgan fingerprint density at radius 2 is 2.08 bits per heavy atom. The Balaban J connectivity index is 1.28. The van der Waals surface area contributed by atoms with Gasteiger partial charge < -0.3 is 10.6 Å². The van der Waals surface area contributed by atoms with E-state index in [2.05, 4.69) is 47.6 Å². The van der Waals surface area contributed by atoms with Crippen molar-refractivity contribution in [3.8, 4) is 0 Å². The molecular formula is C22H28N2. The van der Waals surface area contributed by atoms with Gasteiger partial charge in [0.05, 0.1) is 0 Å². The molecule has 2 aliphatic heterocycles. The molecule has 2 bridgehead atoms. The second kappa shape index (κ2) is 3.80. The maximum atomic E-state index is 4.26. The quantitative estimate of drug-likeness (QED) is 0.529. The maximum Gasteiger partial charge on any atom is 0.0425 e. The van der Waals surface area contributed by atoms with Crippen molar-refractivity contribution >= 4 is 0 Å². The van der Waals surface area contributed by atoms with Crippen LogP contribution in [0.3, 0.4) is 0 Å². The Morgan fingerprint density at radius 3 is 3.04 bits per heavy atom. The van der Waals surface area contributed by atoms with E-state index in [1.807, 2.05) is 0 Å². The lowest BCUT2D eigenvalue weighted by Crippen LogP contribution is -2.47. The average Bonchev–Trinajstić information content (AvgIpc) is 3.31. The minimum atomic E-state index is 0.328. The maximum absolute atomic E-state index is 4.26. The fourth-order valence-electron chi connectivity index (χ4n) is 9.02. The molecule has 2 heterocycles. The number of fused-ring (bicyclic) bond motifs is 6. The summed E-state index contributed by atoms with van der Waals surface area (Å²) in [5, 5.41) is 8.22. The highest BCUT2D eigenvalue weighted by atomic mass is 15.1. The smallest absolute Gasteiger partial charge is 0.0425 e. The van der Waals surface area contributed by atoms with Crippen molar-refractivity contribution in [1.82, 2.24) is 10.6 Å². The highest BCUT2D eigenvalue weighted by Gasteiger charge is 2.72.